The van der Waals surface area contributed by atoms with Crippen LogP contribution in [-0.2, 0) is 0 Å². The van der Waals surface area contributed by atoms with E-state index in [0.29, 0.717) is 5.92 Å². The van der Waals surface area contributed by atoms with Crippen LogP contribution in [-0.4, -0.2) is 13.6 Å². The fourth-order valence-corrected chi connectivity index (χ4v) is 4.07. The molecule has 4 rings (SSSR count). The molecule has 0 aromatic heterocycles. The van der Waals surface area contributed by atoms with Gasteiger partial charge >= 0.3 is 0 Å². The third-order valence-electron chi connectivity index (χ3n) is 6.08. The number of benzene rings is 4. The predicted molar refractivity (Wildman–Crippen MR) is 140 cm³/mol. The van der Waals surface area contributed by atoms with E-state index in [-0.39, 0.29) is 0 Å². The molecule has 1 unspecified atom stereocenters. The Balaban J connectivity index is 1.73. The number of nitrogens with zero attached hydrogens (tertiary/aromatic N) is 1. The van der Waals surface area contributed by atoms with Crippen LogP contribution in [0, 0.1) is 5.92 Å². The molecular weight excluding hydrogens is 388 g/mol. The highest BCUT2D eigenvalue weighted by molar-refractivity contribution is 5.87. The fourth-order valence-electron chi connectivity index (χ4n) is 4.07. The van der Waals surface area contributed by atoms with Crippen LogP contribution >= 0.6 is 0 Å². The minimum atomic E-state index is 0.651. The van der Waals surface area contributed by atoms with Crippen molar-refractivity contribution in [3.05, 3.63) is 103 Å². The molecule has 0 aliphatic carbocycles. The van der Waals surface area contributed by atoms with E-state index in [2.05, 4.69) is 134 Å². The van der Waals surface area contributed by atoms with Crippen LogP contribution in [0.1, 0.15) is 20.3 Å². The molecule has 0 heterocycles. The summed E-state index contributed by atoms with van der Waals surface area (Å²) < 4.78 is 0. The van der Waals surface area contributed by atoms with E-state index in [9.17, 15) is 0 Å². The Morgan fingerprint density at radius 1 is 0.688 bits per heavy atom. The second kappa shape index (κ2) is 10.2. The average molecular weight is 421 g/mol. The predicted octanol–water partition coefficient (Wildman–Crippen LogP) is 8.25. The Hall–Kier alpha value is -3.52. The van der Waals surface area contributed by atoms with Gasteiger partial charge in [-0.25, -0.2) is 0 Å². The number of hydrogen-bond acceptors (Lipinski definition) is 2. The van der Waals surface area contributed by atoms with Gasteiger partial charge in [-0.05, 0) is 46.9 Å². The minimum absolute atomic E-state index is 0.651. The maximum atomic E-state index is 3.75. The summed E-state index contributed by atoms with van der Waals surface area (Å²) in [4.78, 5) is 2.36. The minimum Gasteiger partial charge on any atom is -0.373 e. The maximum absolute atomic E-state index is 3.75. The molecule has 2 nitrogen and oxygen atoms in total. The third kappa shape index (κ3) is 5.03. The smallest absolute Gasteiger partial charge is 0.0622 e. The van der Waals surface area contributed by atoms with Crippen molar-refractivity contribution in [1.29, 1.82) is 0 Å². The summed E-state index contributed by atoms with van der Waals surface area (Å²) in [7, 11) is 2.18. The van der Waals surface area contributed by atoms with E-state index < -0.39 is 0 Å². The van der Waals surface area contributed by atoms with E-state index in [1.165, 1.54) is 34.4 Å². The maximum Gasteiger partial charge on any atom is 0.0622 e. The van der Waals surface area contributed by atoms with Gasteiger partial charge in [0.05, 0.1) is 11.4 Å². The Bertz CT molecular complexity index is 1140. The molecular formula is C30H32N2. The van der Waals surface area contributed by atoms with Crippen LogP contribution in [0.3, 0.4) is 0 Å². The summed E-state index contributed by atoms with van der Waals surface area (Å²) in [5, 5.41) is 3.75. The molecule has 2 heteroatoms. The standard InChI is InChI=1S/C30H32N2/c1-4-23(2)22-32(3)30-18-12-11-17-29(30)31-28-20-19-26(24-13-7-5-8-14-24)21-27(28)25-15-9-6-10-16-25/h5-21,23,31H,4,22H2,1-3H3. The van der Waals surface area contributed by atoms with Crippen molar-refractivity contribution in [2.45, 2.75) is 20.3 Å². The first kappa shape index (κ1) is 21.7. The first-order valence-corrected chi connectivity index (χ1v) is 11.5. The normalized spacial score (nSPS) is 11.7. The number of anilines is 3. The van der Waals surface area contributed by atoms with Crippen LogP contribution in [0.5, 0.6) is 0 Å². The topological polar surface area (TPSA) is 15.3 Å². The fraction of sp³-hybridized carbons (Fsp3) is 0.200. The van der Waals surface area contributed by atoms with Crippen molar-refractivity contribution in [2.75, 3.05) is 23.8 Å². The highest BCUT2D eigenvalue weighted by Crippen LogP contribution is 2.36. The van der Waals surface area contributed by atoms with Gasteiger partial charge in [-0.3, -0.25) is 0 Å². The first-order valence-electron chi connectivity index (χ1n) is 11.5. The van der Waals surface area contributed by atoms with Gasteiger partial charge in [-0.15, -0.1) is 0 Å². The van der Waals surface area contributed by atoms with Crippen LogP contribution in [0.15, 0.2) is 103 Å². The summed E-state index contributed by atoms with van der Waals surface area (Å²) in [6, 6.07) is 36.5. The molecule has 0 fully saturated rings. The van der Waals surface area contributed by atoms with E-state index >= 15 is 0 Å². The van der Waals surface area contributed by atoms with Gasteiger partial charge in [0, 0.05) is 24.8 Å². The first-order chi connectivity index (χ1) is 15.7. The Kier molecular flexibility index (Phi) is 6.91. The lowest BCUT2D eigenvalue weighted by atomic mass is 9.97. The molecule has 0 saturated heterocycles. The third-order valence-corrected chi connectivity index (χ3v) is 6.08. The van der Waals surface area contributed by atoms with Crippen molar-refractivity contribution in [2.24, 2.45) is 5.92 Å². The summed E-state index contributed by atoms with van der Waals surface area (Å²) >= 11 is 0. The van der Waals surface area contributed by atoms with Crippen molar-refractivity contribution < 1.29 is 0 Å². The molecule has 0 saturated carbocycles. The average Bonchev–Trinajstić information content (AvgIpc) is 2.85. The number of nitrogens with one attached hydrogen (secondary N) is 1. The van der Waals surface area contributed by atoms with Crippen LogP contribution in [0.2, 0.25) is 0 Å². The zero-order valence-electron chi connectivity index (χ0n) is 19.3. The van der Waals surface area contributed by atoms with Crippen molar-refractivity contribution in [1.82, 2.24) is 0 Å². The monoisotopic (exact) mass is 420 g/mol. The number of para-hydroxylation sites is 2. The van der Waals surface area contributed by atoms with Gasteiger partial charge in [0.2, 0.25) is 0 Å². The summed E-state index contributed by atoms with van der Waals surface area (Å²) in [6.45, 7) is 5.60. The lowest BCUT2D eigenvalue weighted by Crippen LogP contribution is -2.24. The molecule has 32 heavy (non-hydrogen) atoms. The van der Waals surface area contributed by atoms with Gasteiger partial charge in [0.15, 0.2) is 0 Å². The van der Waals surface area contributed by atoms with Gasteiger partial charge in [-0.1, -0.05) is 99.1 Å². The van der Waals surface area contributed by atoms with Crippen LogP contribution in [0.25, 0.3) is 22.3 Å². The summed E-state index contributed by atoms with van der Waals surface area (Å²) in [5.74, 6) is 0.651. The van der Waals surface area contributed by atoms with E-state index in [1.54, 1.807) is 0 Å². The van der Waals surface area contributed by atoms with E-state index in [1.807, 2.05) is 0 Å². The lowest BCUT2D eigenvalue weighted by Gasteiger charge is -2.26. The van der Waals surface area contributed by atoms with Crippen molar-refractivity contribution in [3.63, 3.8) is 0 Å². The molecule has 0 radical (unpaired) electrons. The quantitative estimate of drug-likeness (QED) is 0.309. The van der Waals surface area contributed by atoms with E-state index in [4.69, 9.17) is 0 Å². The van der Waals surface area contributed by atoms with Gasteiger partial charge in [0.1, 0.15) is 0 Å². The Morgan fingerprint density at radius 2 is 1.31 bits per heavy atom. The SMILES string of the molecule is CCC(C)CN(C)c1ccccc1Nc1ccc(-c2ccccc2)cc1-c1ccccc1. The largest absolute Gasteiger partial charge is 0.373 e. The summed E-state index contributed by atoms with van der Waals surface area (Å²) in [6.07, 6.45) is 1.18. The zero-order chi connectivity index (χ0) is 22.3. The van der Waals surface area contributed by atoms with Gasteiger partial charge < -0.3 is 10.2 Å². The molecule has 4 aromatic rings. The van der Waals surface area contributed by atoms with Crippen molar-refractivity contribution >= 4 is 17.1 Å². The van der Waals surface area contributed by atoms with Crippen LogP contribution < -0.4 is 10.2 Å². The van der Waals surface area contributed by atoms with Crippen LogP contribution in [0.4, 0.5) is 17.1 Å². The Labute approximate surface area is 192 Å². The molecule has 0 aliphatic heterocycles. The second-order valence-electron chi connectivity index (χ2n) is 8.53. The molecule has 0 bridgehead atoms. The molecule has 0 amide bonds. The molecule has 0 aliphatic rings. The molecule has 1 atom stereocenters. The van der Waals surface area contributed by atoms with Gasteiger partial charge in [-0.2, -0.15) is 0 Å². The molecule has 1 N–H and O–H groups in total. The number of rotatable bonds is 8. The highest BCUT2D eigenvalue weighted by atomic mass is 15.1. The molecule has 4 aromatic carbocycles. The highest BCUT2D eigenvalue weighted by Gasteiger charge is 2.13. The lowest BCUT2D eigenvalue weighted by molar-refractivity contribution is 0.560. The zero-order valence-corrected chi connectivity index (χ0v) is 19.3. The Morgan fingerprint density at radius 3 is 2.00 bits per heavy atom. The molecule has 0 spiro atoms. The second-order valence-corrected chi connectivity index (χ2v) is 8.53. The van der Waals surface area contributed by atoms with Gasteiger partial charge in [0.25, 0.3) is 0 Å². The number of hydrogen-bond donors (Lipinski definition) is 1. The summed E-state index contributed by atoms with van der Waals surface area (Å²) in [5.41, 5.74) is 8.31. The molecule has 162 valence electrons. The van der Waals surface area contributed by atoms with E-state index in [0.717, 1.165) is 17.9 Å². The van der Waals surface area contributed by atoms with Crippen molar-refractivity contribution in [3.8, 4) is 22.3 Å².